The zero-order valence-corrected chi connectivity index (χ0v) is 12.0. The van der Waals surface area contributed by atoms with Gasteiger partial charge in [-0.25, -0.2) is 0 Å². The maximum Gasteiger partial charge on any atom is 0.263 e. The van der Waals surface area contributed by atoms with Crippen LogP contribution in [0.5, 0.6) is 5.75 Å². The highest BCUT2D eigenvalue weighted by atomic mass is 16.5. The van der Waals surface area contributed by atoms with Gasteiger partial charge in [-0.15, -0.1) is 0 Å². The first-order valence-electron chi connectivity index (χ1n) is 7.68. The Bertz CT molecular complexity index is 506. The molecule has 1 fully saturated rings. The van der Waals surface area contributed by atoms with Crippen molar-refractivity contribution in [3.05, 3.63) is 24.3 Å². The van der Waals surface area contributed by atoms with Crippen molar-refractivity contribution in [3.63, 3.8) is 0 Å². The van der Waals surface area contributed by atoms with Gasteiger partial charge in [0.2, 0.25) is 0 Å². The van der Waals surface area contributed by atoms with Crippen molar-refractivity contribution in [1.82, 2.24) is 5.32 Å². The summed E-state index contributed by atoms with van der Waals surface area (Å²) >= 11 is 0. The molecule has 2 aliphatic rings. The third-order valence-corrected chi connectivity index (χ3v) is 4.40. The van der Waals surface area contributed by atoms with Crippen molar-refractivity contribution in [1.29, 1.82) is 0 Å². The lowest BCUT2D eigenvalue weighted by Crippen LogP contribution is -2.51. The topological polar surface area (TPSA) is 70.6 Å². The first-order chi connectivity index (χ1) is 10.3. The molecule has 1 aromatic carbocycles. The Morgan fingerprint density at radius 2 is 2.14 bits per heavy atom. The minimum Gasteiger partial charge on any atom is -0.477 e. The van der Waals surface area contributed by atoms with Crippen LogP contribution >= 0.6 is 0 Å². The van der Waals surface area contributed by atoms with Crippen LogP contribution < -0.4 is 15.4 Å². The average molecular weight is 290 g/mol. The van der Waals surface area contributed by atoms with E-state index in [0.717, 1.165) is 31.4 Å². The second-order valence-corrected chi connectivity index (χ2v) is 5.83. The smallest absolute Gasteiger partial charge is 0.263 e. The Labute approximate surface area is 124 Å². The van der Waals surface area contributed by atoms with Gasteiger partial charge >= 0.3 is 0 Å². The molecule has 1 saturated carbocycles. The maximum atomic E-state index is 12.4. The predicted molar refractivity (Wildman–Crippen MR) is 80.3 cm³/mol. The van der Waals surface area contributed by atoms with Crippen LogP contribution in [0.2, 0.25) is 0 Å². The molecule has 1 aliphatic heterocycles. The highest BCUT2D eigenvalue weighted by Crippen LogP contribution is 2.29. The lowest BCUT2D eigenvalue weighted by atomic mass is 9.85. The number of nitrogens with one attached hydrogen (secondary N) is 2. The lowest BCUT2D eigenvalue weighted by molar-refractivity contribution is -0.129. The van der Waals surface area contributed by atoms with Gasteiger partial charge in [0, 0.05) is 18.6 Å². The molecule has 3 rings (SSSR count). The number of carbonyl (C=O) groups is 1. The number of aliphatic hydroxyl groups excluding tert-OH is 1. The van der Waals surface area contributed by atoms with E-state index in [1.165, 1.54) is 0 Å². The number of fused-ring (bicyclic) bond motifs is 1. The van der Waals surface area contributed by atoms with Gasteiger partial charge in [0.1, 0.15) is 5.75 Å². The van der Waals surface area contributed by atoms with Crippen molar-refractivity contribution in [3.8, 4) is 5.75 Å². The summed E-state index contributed by atoms with van der Waals surface area (Å²) in [4.78, 5) is 12.4. The molecule has 3 unspecified atom stereocenters. The molecule has 21 heavy (non-hydrogen) atoms. The third kappa shape index (κ3) is 3.13. The van der Waals surface area contributed by atoms with Gasteiger partial charge in [-0.3, -0.25) is 4.79 Å². The molecule has 1 aromatic rings. The highest BCUT2D eigenvalue weighted by molar-refractivity contribution is 5.83. The summed E-state index contributed by atoms with van der Waals surface area (Å²) in [5.41, 5.74) is 0.924. The Kier molecular flexibility index (Phi) is 4.29. The number of hydrogen-bond donors (Lipinski definition) is 3. The molecule has 0 spiro atoms. The molecular formula is C16H22N2O3. The van der Waals surface area contributed by atoms with Crippen molar-refractivity contribution >= 4 is 11.6 Å². The standard InChI is InChI=1S/C16H22N2O3/c19-10-11-5-1-2-6-12(11)18-16(20)15-9-17-13-7-3-4-8-14(13)21-15/h3-4,7-8,11-12,15,17,19H,1-2,5-6,9-10H2,(H,18,20). The summed E-state index contributed by atoms with van der Waals surface area (Å²) in [7, 11) is 0. The van der Waals surface area contributed by atoms with Crippen LogP contribution in [-0.2, 0) is 4.79 Å². The maximum absolute atomic E-state index is 12.4. The van der Waals surface area contributed by atoms with E-state index in [1.54, 1.807) is 0 Å². The average Bonchev–Trinajstić information content (AvgIpc) is 2.55. The van der Waals surface area contributed by atoms with E-state index < -0.39 is 6.10 Å². The van der Waals surface area contributed by atoms with E-state index in [2.05, 4.69) is 10.6 Å². The van der Waals surface area contributed by atoms with Gasteiger partial charge in [-0.05, 0) is 25.0 Å². The number of para-hydroxylation sites is 2. The Hall–Kier alpha value is -1.75. The van der Waals surface area contributed by atoms with Crippen LogP contribution in [0.3, 0.4) is 0 Å². The molecule has 114 valence electrons. The largest absolute Gasteiger partial charge is 0.477 e. The molecule has 1 amide bonds. The molecule has 3 N–H and O–H groups in total. The fourth-order valence-electron chi connectivity index (χ4n) is 3.15. The van der Waals surface area contributed by atoms with Crippen LogP contribution in [0.25, 0.3) is 0 Å². The number of aliphatic hydroxyl groups is 1. The first kappa shape index (κ1) is 14.2. The molecule has 1 heterocycles. The van der Waals surface area contributed by atoms with Gasteiger partial charge in [0.25, 0.3) is 5.91 Å². The summed E-state index contributed by atoms with van der Waals surface area (Å²) < 4.78 is 5.77. The van der Waals surface area contributed by atoms with E-state index in [9.17, 15) is 9.90 Å². The number of anilines is 1. The summed E-state index contributed by atoms with van der Waals surface area (Å²) in [6.45, 7) is 0.608. The normalized spacial score (nSPS) is 28.0. The summed E-state index contributed by atoms with van der Waals surface area (Å²) in [5.74, 6) is 0.792. The van der Waals surface area contributed by atoms with Gasteiger partial charge < -0.3 is 20.5 Å². The van der Waals surface area contributed by atoms with Crippen molar-refractivity contribution in [2.45, 2.75) is 37.8 Å². The summed E-state index contributed by atoms with van der Waals surface area (Å²) in [6.07, 6.45) is 3.64. The van der Waals surface area contributed by atoms with E-state index in [4.69, 9.17) is 4.74 Å². The monoisotopic (exact) mass is 290 g/mol. The van der Waals surface area contributed by atoms with Crippen LogP contribution in [-0.4, -0.2) is 36.3 Å². The number of carbonyl (C=O) groups excluding carboxylic acids is 1. The van der Waals surface area contributed by atoms with Gasteiger partial charge in [-0.2, -0.15) is 0 Å². The molecule has 5 nitrogen and oxygen atoms in total. The second-order valence-electron chi connectivity index (χ2n) is 5.83. The molecule has 3 atom stereocenters. The fourth-order valence-corrected chi connectivity index (χ4v) is 3.15. The zero-order chi connectivity index (χ0) is 14.7. The molecule has 0 aromatic heterocycles. The van der Waals surface area contributed by atoms with E-state index in [-0.39, 0.29) is 24.5 Å². The van der Waals surface area contributed by atoms with Crippen LogP contribution in [0.4, 0.5) is 5.69 Å². The third-order valence-electron chi connectivity index (χ3n) is 4.40. The minimum atomic E-state index is -0.513. The second kappa shape index (κ2) is 6.35. The zero-order valence-electron chi connectivity index (χ0n) is 12.0. The van der Waals surface area contributed by atoms with Gasteiger partial charge in [-0.1, -0.05) is 25.0 Å². The first-order valence-corrected chi connectivity index (χ1v) is 7.68. The fraction of sp³-hybridized carbons (Fsp3) is 0.562. The predicted octanol–water partition coefficient (Wildman–Crippen LogP) is 1.53. The van der Waals surface area contributed by atoms with E-state index >= 15 is 0 Å². The highest BCUT2D eigenvalue weighted by Gasteiger charge is 2.31. The molecule has 0 radical (unpaired) electrons. The van der Waals surface area contributed by atoms with Crippen molar-refractivity contribution < 1.29 is 14.6 Å². The SMILES string of the molecule is O=C(NC1CCCCC1CO)C1CNc2ccccc2O1. The molecule has 0 saturated heterocycles. The Morgan fingerprint density at radius 3 is 3.00 bits per heavy atom. The summed E-state index contributed by atoms with van der Waals surface area (Å²) in [5, 5.41) is 15.7. The van der Waals surface area contributed by atoms with Crippen LogP contribution in [0.1, 0.15) is 25.7 Å². The molecule has 1 aliphatic carbocycles. The van der Waals surface area contributed by atoms with Crippen molar-refractivity contribution in [2.75, 3.05) is 18.5 Å². The van der Waals surface area contributed by atoms with E-state index in [0.29, 0.717) is 12.3 Å². The number of amides is 1. The summed E-state index contributed by atoms with van der Waals surface area (Å²) in [6, 6.07) is 7.69. The minimum absolute atomic E-state index is 0.0667. The lowest BCUT2D eigenvalue weighted by Gasteiger charge is -2.33. The number of rotatable bonds is 3. The quantitative estimate of drug-likeness (QED) is 0.789. The Balaban J connectivity index is 1.61. The molecular weight excluding hydrogens is 268 g/mol. The number of ether oxygens (including phenoxy) is 1. The van der Waals surface area contributed by atoms with Crippen LogP contribution in [0, 0.1) is 5.92 Å². The van der Waals surface area contributed by atoms with Crippen LogP contribution in [0.15, 0.2) is 24.3 Å². The number of hydrogen-bond acceptors (Lipinski definition) is 4. The number of benzene rings is 1. The van der Waals surface area contributed by atoms with Gasteiger partial charge in [0.15, 0.2) is 6.10 Å². The van der Waals surface area contributed by atoms with Gasteiger partial charge in [0.05, 0.1) is 12.2 Å². The van der Waals surface area contributed by atoms with E-state index in [1.807, 2.05) is 24.3 Å². The Morgan fingerprint density at radius 1 is 1.33 bits per heavy atom. The molecule has 0 bridgehead atoms. The van der Waals surface area contributed by atoms with Crippen molar-refractivity contribution in [2.24, 2.45) is 5.92 Å². The molecule has 5 heteroatoms.